The van der Waals surface area contributed by atoms with Crippen molar-refractivity contribution in [3.05, 3.63) is 29.6 Å². The summed E-state index contributed by atoms with van der Waals surface area (Å²) >= 11 is 0. The van der Waals surface area contributed by atoms with Crippen molar-refractivity contribution in [1.82, 2.24) is 5.32 Å². The normalized spacial score (nSPS) is 22.9. The van der Waals surface area contributed by atoms with Gasteiger partial charge in [-0.3, -0.25) is 4.79 Å². The van der Waals surface area contributed by atoms with Gasteiger partial charge in [0.15, 0.2) is 0 Å². The van der Waals surface area contributed by atoms with Crippen molar-refractivity contribution in [3.8, 4) is 0 Å². The molecule has 116 valence electrons. The number of nitrogens with one attached hydrogen (secondary N) is 1. The summed E-state index contributed by atoms with van der Waals surface area (Å²) in [5.74, 6) is -2.53. The summed E-state index contributed by atoms with van der Waals surface area (Å²) in [6, 6.07) is 2.78. The monoisotopic (exact) mass is 304 g/mol. The van der Waals surface area contributed by atoms with Crippen LogP contribution < -0.4 is 11.1 Å². The van der Waals surface area contributed by atoms with Crippen molar-refractivity contribution >= 4 is 11.6 Å². The lowest BCUT2D eigenvalue weighted by Gasteiger charge is -2.31. The molecule has 1 aliphatic carbocycles. The zero-order valence-electron chi connectivity index (χ0n) is 11.2. The SMILES string of the molecule is Nc1cc(F)ccc1C(=O)NC1CCCC(C(F)(F)F)C1. The number of benzene rings is 1. The van der Waals surface area contributed by atoms with E-state index in [1.165, 1.54) is 6.07 Å². The minimum atomic E-state index is -4.24. The molecule has 1 aromatic carbocycles. The molecule has 0 bridgehead atoms. The maximum absolute atomic E-state index is 12.9. The lowest BCUT2D eigenvalue weighted by Crippen LogP contribution is -2.41. The molecule has 1 aromatic rings. The average Bonchev–Trinajstić information content (AvgIpc) is 2.37. The van der Waals surface area contributed by atoms with Crippen LogP contribution in [-0.2, 0) is 0 Å². The minimum Gasteiger partial charge on any atom is -0.398 e. The fraction of sp³-hybridized carbons (Fsp3) is 0.500. The summed E-state index contributed by atoms with van der Waals surface area (Å²) in [5, 5.41) is 2.56. The highest BCUT2D eigenvalue weighted by Crippen LogP contribution is 2.37. The number of alkyl halides is 3. The molecule has 3 N–H and O–H groups in total. The van der Waals surface area contributed by atoms with E-state index in [2.05, 4.69) is 5.32 Å². The van der Waals surface area contributed by atoms with E-state index in [4.69, 9.17) is 5.73 Å². The molecular formula is C14H16F4N2O. The van der Waals surface area contributed by atoms with E-state index < -0.39 is 29.9 Å². The van der Waals surface area contributed by atoms with Crippen LogP contribution in [0.5, 0.6) is 0 Å². The molecule has 7 heteroatoms. The van der Waals surface area contributed by atoms with Crippen LogP contribution in [0.1, 0.15) is 36.0 Å². The molecule has 1 saturated carbocycles. The van der Waals surface area contributed by atoms with Gasteiger partial charge in [0.1, 0.15) is 5.82 Å². The number of anilines is 1. The van der Waals surface area contributed by atoms with Crippen LogP contribution in [0.2, 0.25) is 0 Å². The van der Waals surface area contributed by atoms with E-state index in [-0.39, 0.29) is 24.1 Å². The Labute approximate surface area is 119 Å². The second kappa shape index (κ2) is 5.91. The first-order valence-corrected chi connectivity index (χ1v) is 6.70. The topological polar surface area (TPSA) is 55.1 Å². The van der Waals surface area contributed by atoms with Crippen LogP contribution in [0.15, 0.2) is 18.2 Å². The third kappa shape index (κ3) is 3.86. The molecule has 0 aromatic heterocycles. The Balaban J connectivity index is 2.02. The summed E-state index contributed by atoms with van der Waals surface area (Å²) in [6.07, 6.45) is -3.36. The first-order chi connectivity index (χ1) is 9.77. The molecule has 1 aliphatic rings. The summed E-state index contributed by atoms with van der Waals surface area (Å²) < 4.78 is 51.0. The Bertz CT molecular complexity index is 530. The Hall–Kier alpha value is -1.79. The van der Waals surface area contributed by atoms with Gasteiger partial charge >= 0.3 is 6.18 Å². The van der Waals surface area contributed by atoms with Crippen molar-refractivity contribution in [2.45, 2.75) is 37.9 Å². The van der Waals surface area contributed by atoms with Crippen molar-refractivity contribution in [1.29, 1.82) is 0 Å². The quantitative estimate of drug-likeness (QED) is 0.651. The van der Waals surface area contributed by atoms with Gasteiger partial charge in [-0.1, -0.05) is 6.42 Å². The van der Waals surface area contributed by atoms with Gasteiger partial charge < -0.3 is 11.1 Å². The maximum Gasteiger partial charge on any atom is 0.391 e. The predicted molar refractivity (Wildman–Crippen MR) is 70.1 cm³/mol. The van der Waals surface area contributed by atoms with Gasteiger partial charge in [-0.05, 0) is 37.5 Å². The third-order valence-corrected chi connectivity index (χ3v) is 3.73. The van der Waals surface area contributed by atoms with Gasteiger partial charge in [-0.15, -0.1) is 0 Å². The molecule has 2 atom stereocenters. The number of nitrogens with two attached hydrogens (primary N) is 1. The van der Waals surface area contributed by atoms with Gasteiger partial charge in [0.2, 0.25) is 0 Å². The van der Waals surface area contributed by atoms with Crippen LogP contribution in [0.4, 0.5) is 23.2 Å². The molecule has 1 amide bonds. The minimum absolute atomic E-state index is 0.0318. The van der Waals surface area contributed by atoms with Crippen molar-refractivity contribution < 1.29 is 22.4 Å². The Morgan fingerprint density at radius 3 is 2.62 bits per heavy atom. The molecule has 1 fully saturated rings. The lowest BCUT2D eigenvalue weighted by molar-refractivity contribution is -0.183. The van der Waals surface area contributed by atoms with Gasteiger partial charge in [0.25, 0.3) is 5.91 Å². The average molecular weight is 304 g/mol. The number of hydrogen-bond donors (Lipinski definition) is 2. The predicted octanol–water partition coefficient (Wildman–Crippen LogP) is 3.26. The number of rotatable bonds is 2. The Morgan fingerprint density at radius 1 is 1.29 bits per heavy atom. The number of carbonyl (C=O) groups is 1. The zero-order valence-corrected chi connectivity index (χ0v) is 11.2. The fourth-order valence-electron chi connectivity index (χ4n) is 2.62. The fourth-order valence-corrected chi connectivity index (χ4v) is 2.62. The summed E-state index contributed by atoms with van der Waals surface area (Å²) in [6.45, 7) is 0. The van der Waals surface area contributed by atoms with Crippen molar-refractivity contribution in [2.24, 2.45) is 5.92 Å². The van der Waals surface area contributed by atoms with E-state index in [1.807, 2.05) is 0 Å². The van der Waals surface area contributed by atoms with E-state index in [9.17, 15) is 22.4 Å². The molecule has 0 aliphatic heterocycles. The van der Waals surface area contributed by atoms with Crippen LogP contribution in [-0.4, -0.2) is 18.1 Å². The van der Waals surface area contributed by atoms with Gasteiger partial charge in [-0.25, -0.2) is 4.39 Å². The highest BCUT2D eigenvalue weighted by atomic mass is 19.4. The smallest absolute Gasteiger partial charge is 0.391 e. The third-order valence-electron chi connectivity index (χ3n) is 3.73. The molecule has 3 nitrogen and oxygen atoms in total. The number of hydrogen-bond acceptors (Lipinski definition) is 2. The summed E-state index contributed by atoms with van der Waals surface area (Å²) in [5.41, 5.74) is 5.59. The van der Waals surface area contributed by atoms with Gasteiger partial charge in [0, 0.05) is 11.7 Å². The summed E-state index contributed by atoms with van der Waals surface area (Å²) in [7, 11) is 0. The van der Waals surface area contributed by atoms with Crippen LogP contribution >= 0.6 is 0 Å². The first kappa shape index (κ1) is 15.6. The Kier molecular flexibility index (Phi) is 4.39. The van der Waals surface area contributed by atoms with Crippen molar-refractivity contribution in [2.75, 3.05) is 5.73 Å². The van der Waals surface area contributed by atoms with Crippen molar-refractivity contribution in [3.63, 3.8) is 0 Å². The van der Waals surface area contributed by atoms with E-state index in [1.54, 1.807) is 0 Å². The number of carbonyl (C=O) groups excluding carboxylic acids is 1. The van der Waals surface area contributed by atoms with Gasteiger partial charge in [0.05, 0.1) is 11.5 Å². The first-order valence-electron chi connectivity index (χ1n) is 6.70. The number of amides is 1. The molecule has 2 rings (SSSR count). The standard InChI is InChI=1S/C14H16F4N2O/c15-9-4-5-11(12(19)7-9)13(21)20-10-3-1-2-8(6-10)14(16,17)18/h4-5,7-8,10H,1-3,6,19H2,(H,20,21). The second-order valence-electron chi connectivity index (χ2n) is 5.31. The molecule has 0 spiro atoms. The Morgan fingerprint density at radius 2 is 2.00 bits per heavy atom. The second-order valence-corrected chi connectivity index (χ2v) is 5.31. The van der Waals surface area contributed by atoms with Crippen LogP contribution in [0.3, 0.4) is 0 Å². The van der Waals surface area contributed by atoms with Crippen LogP contribution in [0.25, 0.3) is 0 Å². The largest absolute Gasteiger partial charge is 0.398 e. The van der Waals surface area contributed by atoms with E-state index >= 15 is 0 Å². The van der Waals surface area contributed by atoms with E-state index in [0.29, 0.717) is 12.8 Å². The maximum atomic E-state index is 12.9. The molecule has 21 heavy (non-hydrogen) atoms. The molecule has 0 saturated heterocycles. The van der Waals surface area contributed by atoms with Gasteiger partial charge in [-0.2, -0.15) is 13.2 Å². The number of nitrogen functional groups attached to an aromatic ring is 1. The molecule has 0 radical (unpaired) electrons. The van der Waals surface area contributed by atoms with E-state index in [0.717, 1.165) is 12.1 Å². The zero-order chi connectivity index (χ0) is 15.6. The number of halogens is 4. The molecule has 0 heterocycles. The molecule has 2 unspecified atom stereocenters. The lowest BCUT2D eigenvalue weighted by atomic mass is 9.85. The summed E-state index contributed by atoms with van der Waals surface area (Å²) in [4.78, 5) is 12.0. The highest BCUT2D eigenvalue weighted by Gasteiger charge is 2.42. The highest BCUT2D eigenvalue weighted by molar-refractivity contribution is 5.99. The van der Waals surface area contributed by atoms with Crippen LogP contribution in [0, 0.1) is 11.7 Å². The molecular weight excluding hydrogens is 288 g/mol.